The zero-order chi connectivity index (χ0) is 19.1. The SMILES string of the molecule is Brc1ccc(/C=C/c2cc3ccc4ccc5ccc6ccc2c2c6c5c4c32)cc1. The fourth-order valence-electron chi connectivity index (χ4n) is 5.10. The third-order valence-corrected chi connectivity index (χ3v) is 6.91. The molecule has 0 nitrogen and oxygen atoms in total. The molecular formula is C28H15Br. The maximum atomic E-state index is 3.52. The van der Waals surface area contributed by atoms with E-state index in [0.29, 0.717) is 0 Å². The quantitative estimate of drug-likeness (QED) is 0.190. The Kier molecular flexibility index (Phi) is 2.96. The van der Waals surface area contributed by atoms with Gasteiger partial charge in [0.2, 0.25) is 0 Å². The summed E-state index contributed by atoms with van der Waals surface area (Å²) in [5.41, 5.74) is 2.49. The Hall–Kier alpha value is -3.16. The lowest BCUT2D eigenvalue weighted by Crippen LogP contribution is -1.82. The lowest BCUT2D eigenvalue weighted by molar-refractivity contribution is 1.62. The van der Waals surface area contributed by atoms with Gasteiger partial charge in [0.15, 0.2) is 0 Å². The second-order valence-corrected chi connectivity index (χ2v) is 8.84. The smallest absolute Gasteiger partial charge is 0.0175 e. The zero-order valence-electron chi connectivity index (χ0n) is 15.5. The average Bonchev–Trinajstić information content (AvgIpc) is 3.13. The normalized spacial score (nSPS) is 12.9. The first-order valence-corrected chi connectivity index (χ1v) is 10.7. The molecule has 0 atom stereocenters. The molecule has 0 aliphatic rings. The molecule has 29 heavy (non-hydrogen) atoms. The highest BCUT2D eigenvalue weighted by molar-refractivity contribution is 9.10. The Morgan fingerprint density at radius 3 is 1.66 bits per heavy atom. The Morgan fingerprint density at radius 2 is 1.00 bits per heavy atom. The fraction of sp³-hybridized carbons (Fsp3) is 0. The van der Waals surface area contributed by atoms with Crippen molar-refractivity contribution in [2.45, 2.75) is 0 Å². The van der Waals surface area contributed by atoms with Gasteiger partial charge in [0, 0.05) is 4.47 Å². The van der Waals surface area contributed by atoms with Crippen LogP contribution in [0.2, 0.25) is 0 Å². The molecule has 0 fully saturated rings. The van der Waals surface area contributed by atoms with Crippen LogP contribution in [0.4, 0.5) is 0 Å². The summed E-state index contributed by atoms with van der Waals surface area (Å²) in [6.07, 6.45) is 4.47. The highest BCUT2D eigenvalue weighted by Crippen LogP contribution is 2.48. The Morgan fingerprint density at radius 1 is 0.483 bits per heavy atom. The summed E-state index contributed by atoms with van der Waals surface area (Å²) in [5, 5.41) is 13.8. The van der Waals surface area contributed by atoms with E-state index in [2.05, 4.69) is 107 Å². The summed E-state index contributed by atoms with van der Waals surface area (Å²) in [4.78, 5) is 0. The van der Waals surface area contributed by atoms with Crippen molar-refractivity contribution in [3.63, 3.8) is 0 Å². The van der Waals surface area contributed by atoms with Crippen molar-refractivity contribution in [3.05, 3.63) is 94.5 Å². The van der Waals surface area contributed by atoms with Crippen molar-refractivity contribution in [2.75, 3.05) is 0 Å². The van der Waals surface area contributed by atoms with Gasteiger partial charge in [-0.2, -0.15) is 0 Å². The molecule has 0 bridgehead atoms. The minimum Gasteiger partial charge on any atom is -0.0544 e. The van der Waals surface area contributed by atoms with E-state index < -0.39 is 0 Å². The first-order valence-electron chi connectivity index (χ1n) is 9.89. The van der Waals surface area contributed by atoms with Gasteiger partial charge >= 0.3 is 0 Å². The average molecular weight is 431 g/mol. The molecule has 0 saturated carbocycles. The van der Waals surface area contributed by atoms with E-state index in [0.717, 1.165) is 4.47 Å². The number of hydrogen-bond donors (Lipinski definition) is 0. The first kappa shape index (κ1) is 15.7. The van der Waals surface area contributed by atoms with Gasteiger partial charge in [0.05, 0.1) is 0 Å². The number of benzene rings is 6. The minimum absolute atomic E-state index is 1.11. The molecule has 0 amide bonds. The standard InChI is InChI=1S/C28H15Br/c29-22-12-2-16(3-13-22)1-4-20-15-21-10-9-18-6-5-17-7-8-19-11-14-23(20)28-26(19)24(17)25(18)27(21)28/h1-15H/b4-1+. The van der Waals surface area contributed by atoms with Crippen molar-refractivity contribution < 1.29 is 0 Å². The van der Waals surface area contributed by atoms with Crippen LogP contribution in [0.15, 0.2) is 83.3 Å². The van der Waals surface area contributed by atoms with Crippen molar-refractivity contribution in [1.29, 1.82) is 0 Å². The van der Waals surface area contributed by atoms with E-state index >= 15 is 0 Å². The molecule has 0 N–H and O–H groups in total. The summed E-state index contributed by atoms with van der Waals surface area (Å²) in [6, 6.07) is 29.0. The van der Waals surface area contributed by atoms with Gasteiger partial charge in [-0.25, -0.2) is 0 Å². The third-order valence-electron chi connectivity index (χ3n) is 6.38. The van der Waals surface area contributed by atoms with E-state index in [1.807, 2.05) is 0 Å². The maximum Gasteiger partial charge on any atom is 0.0175 e. The van der Waals surface area contributed by atoms with E-state index in [4.69, 9.17) is 0 Å². The largest absolute Gasteiger partial charge is 0.0544 e. The molecule has 1 heteroatoms. The number of hydrogen-bond acceptors (Lipinski definition) is 0. The molecule has 0 aliphatic carbocycles. The van der Waals surface area contributed by atoms with Crippen LogP contribution in [0.25, 0.3) is 66.0 Å². The molecule has 0 aromatic heterocycles. The molecule has 0 heterocycles. The van der Waals surface area contributed by atoms with Gasteiger partial charge in [-0.1, -0.05) is 88.7 Å². The van der Waals surface area contributed by atoms with Crippen molar-refractivity contribution >= 4 is 81.9 Å². The summed E-state index contributed by atoms with van der Waals surface area (Å²) in [5.74, 6) is 0. The number of rotatable bonds is 2. The lowest BCUT2D eigenvalue weighted by Gasteiger charge is -2.08. The highest BCUT2D eigenvalue weighted by Gasteiger charge is 2.20. The minimum atomic E-state index is 1.11. The van der Waals surface area contributed by atoms with Crippen LogP contribution >= 0.6 is 15.9 Å². The molecule has 0 saturated heterocycles. The van der Waals surface area contributed by atoms with Gasteiger partial charge in [-0.15, -0.1) is 0 Å². The van der Waals surface area contributed by atoms with E-state index in [1.165, 1.54) is 65.0 Å². The maximum absolute atomic E-state index is 3.52. The molecule has 134 valence electrons. The predicted molar refractivity (Wildman–Crippen MR) is 131 cm³/mol. The topological polar surface area (TPSA) is 0 Å². The first-order chi connectivity index (χ1) is 14.3. The van der Waals surface area contributed by atoms with Crippen molar-refractivity contribution in [2.24, 2.45) is 0 Å². The van der Waals surface area contributed by atoms with Crippen LogP contribution in [-0.2, 0) is 0 Å². The van der Waals surface area contributed by atoms with Crippen LogP contribution in [0.5, 0.6) is 0 Å². The van der Waals surface area contributed by atoms with Gasteiger partial charge in [-0.05, 0) is 83.2 Å². The zero-order valence-corrected chi connectivity index (χ0v) is 17.1. The monoisotopic (exact) mass is 430 g/mol. The van der Waals surface area contributed by atoms with Crippen LogP contribution in [0, 0.1) is 0 Å². The summed E-state index contributed by atoms with van der Waals surface area (Å²) in [6.45, 7) is 0. The highest BCUT2D eigenvalue weighted by atomic mass is 79.9. The molecule has 0 spiro atoms. The van der Waals surface area contributed by atoms with Crippen LogP contribution < -0.4 is 0 Å². The summed E-state index contributed by atoms with van der Waals surface area (Å²) in [7, 11) is 0. The molecular weight excluding hydrogens is 416 g/mol. The molecule has 0 radical (unpaired) electrons. The molecule has 7 rings (SSSR count). The molecule has 7 aromatic rings. The molecule has 0 unspecified atom stereocenters. The van der Waals surface area contributed by atoms with Crippen LogP contribution in [0.1, 0.15) is 11.1 Å². The van der Waals surface area contributed by atoms with E-state index in [9.17, 15) is 0 Å². The van der Waals surface area contributed by atoms with E-state index in [-0.39, 0.29) is 0 Å². The van der Waals surface area contributed by atoms with Crippen LogP contribution in [0.3, 0.4) is 0 Å². The van der Waals surface area contributed by atoms with Crippen molar-refractivity contribution in [1.82, 2.24) is 0 Å². The summed E-state index contributed by atoms with van der Waals surface area (Å²) < 4.78 is 1.11. The van der Waals surface area contributed by atoms with Gasteiger partial charge in [0.1, 0.15) is 0 Å². The Balaban J connectivity index is 1.62. The van der Waals surface area contributed by atoms with Gasteiger partial charge in [-0.3, -0.25) is 0 Å². The second-order valence-electron chi connectivity index (χ2n) is 7.93. The van der Waals surface area contributed by atoms with Crippen molar-refractivity contribution in [3.8, 4) is 0 Å². The fourth-order valence-corrected chi connectivity index (χ4v) is 5.36. The van der Waals surface area contributed by atoms with Crippen LogP contribution in [-0.4, -0.2) is 0 Å². The predicted octanol–water partition coefficient (Wildman–Crippen LogP) is 8.70. The Labute approximate surface area is 176 Å². The summed E-state index contributed by atoms with van der Waals surface area (Å²) >= 11 is 3.52. The van der Waals surface area contributed by atoms with E-state index in [1.54, 1.807) is 0 Å². The molecule has 7 aromatic carbocycles. The molecule has 0 aliphatic heterocycles. The third kappa shape index (κ3) is 2.03. The second kappa shape index (κ2) is 5.46. The Bertz CT molecular complexity index is 1640. The lowest BCUT2D eigenvalue weighted by atomic mass is 9.95. The van der Waals surface area contributed by atoms with Gasteiger partial charge in [0.25, 0.3) is 0 Å². The number of halogens is 1. The van der Waals surface area contributed by atoms with Gasteiger partial charge < -0.3 is 0 Å².